The Hall–Kier alpha value is -3.22. The number of aromatic hydroxyl groups is 1. The fraction of sp³-hybridized carbons (Fsp3) is 0.265. The van der Waals surface area contributed by atoms with Gasteiger partial charge in [-0.1, -0.05) is 120 Å². The Kier molecular flexibility index (Phi) is 7.72. The molecule has 0 heterocycles. The zero-order chi connectivity index (χ0) is 26.8. The predicted molar refractivity (Wildman–Crippen MR) is 163 cm³/mol. The van der Waals surface area contributed by atoms with E-state index in [1.54, 1.807) is 0 Å². The maximum atomic E-state index is 11.3. The third-order valence-corrected chi connectivity index (χ3v) is 9.28. The van der Waals surface area contributed by atoms with E-state index in [2.05, 4.69) is 139 Å². The fourth-order valence-corrected chi connectivity index (χ4v) is 7.04. The second-order valence-electron chi connectivity index (χ2n) is 11.7. The molecule has 0 aliphatic heterocycles. The van der Waals surface area contributed by atoms with Crippen LogP contribution in [0, 0.1) is 6.92 Å². The quantitative estimate of drug-likeness (QED) is 0.217. The van der Waals surface area contributed by atoms with E-state index in [0.29, 0.717) is 5.75 Å². The van der Waals surface area contributed by atoms with Crippen molar-refractivity contribution in [2.75, 3.05) is 0 Å². The lowest BCUT2D eigenvalue weighted by atomic mass is 9.79. The highest BCUT2D eigenvalue weighted by Gasteiger charge is 2.25. The summed E-state index contributed by atoms with van der Waals surface area (Å²) in [5.74, 6) is 0.312. The SMILES string of the molecule is Cc1cccc(N=Cc2cc(C(C)(C)C)cc(C(C)(C)C)c2O)c1P(c1ccccc1)c1ccccc1. The number of phenols is 1. The third kappa shape index (κ3) is 6.03. The van der Waals surface area contributed by atoms with Gasteiger partial charge in [-0.2, -0.15) is 0 Å². The number of phenolic OH excluding ortho intramolecular Hbond substituents is 1. The highest BCUT2D eigenvalue weighted by Crippen LogP contribution is 2.39. The van der Waals surface area contributed by atoms with Gasteiger partial charge in [0.2, 0.25) is 0 Å². The van der Waals surface area contributed by atoms with Crippen LogP contribution in [-0.4, -0.2) is 11.3 Å². The standard InChI is InChI=1S/C34H38NOP/c1-24-15-14-20-30(32(24)37(27-16-10-8-11-17-27)28-18-12-9-13-19-28)35-23-25-21-26(33(2,3)4)22-29(31(25)36)34(5,6)7/h8-23,36H,1-7H3. The molecule has 4 rings (SSSR count). The molecule has 0 amide bonds. The van der Waals surface area contributed by atoms with Crippen molar-refractivity contribution in [2.45, 2.75) is 59.3 Å². The maximum Gasteiger partial charge on any atom is 0.128 e. The van der Waals surface area contributed by atoms with Crippen molar-refractivity contribution in [1.29, 1.82) is 0 Å². The number of benzene rings is 4. The zero-order valence-electron chi connectivity index (χ0n) is 23.1. The minimum Gasteiger partial charge on any atom is -0.507 e. The summed E-state index contributed by atoms with van der Waals surface area (Å²) in [5, 5.41) is 15.1. The van der Waals surface area contributed by atoms with E-state index >= 15 is 0 Å². The van der Waals surface area contributed by atoms with E-state index < -0.39 is 7.92 Å². The average Bonchev–Trinajstić information content (AvgIpc) is 2.85. The van der Waals surface area contributed by atoms with Gasteiger partial charge in [0.25, 0.3) is 0 Å². The molecule has 37 heavy (non-hydrogen) atoms. The summed E-state index contributed by atoms with van der Waals surface area (Å²) < 4.78 is 0. The highest BCUT2D eigenvalue weighted by molar-refractivity contribution is 7.80. The minimum atomic E-state index is -0.801. The van der Waals surface area contributed by atoms with Crippen LogP contribution in [0.4, 0.5) is 5.69 Å². The molecule has 0 radical (unpaired) electrons. The lowest BCUT2D eigenvalue weighted by molar-refractivity contribution is 0.444. The Morgan fingerprint density at radius 3 is 1.78 bits per heavy atom. The number of hydrogen-bond donors (Lipinski definition) is 1. The van der Waals surface area contributed by atoms with Crippen LogP contribution < -0.4 is 15.9 Å². The van der Waals surface area contributed by atoms with Gasteiger partial charge in [-0.05, 0) is 59.5 Å². The number of hydrogen-bond acceptors (Lipinski definition) is 2. The van der Waals surface area contributed by atoms with Gasteiger partial charge in [-0.15, -0.1) is 0 Å². The van der Waals surface area contributed by atoms with E-state index in [-0.39, 0.29) is 10.8 Å². The highest BCUT2D eigenvalue weighted by atomic mass is 31.1. The molecule has 1 N–H and O–H groups in total. The first-order valence-corrected chi connectivity index (χ1v) is 14.2. The molecular weight excluding hydrogens is 469 g/mol. The first-order chi connectivity index (χ1) is 17.5. The predicted octanol–water partition coefficient (Wildman–Crippen LogP) is 7.80. The molecule has 0 unspecified atom stereocenters. The largest absolute Gasteiger partial charge is 0.507 e. The summed E-state index contributed by atoms with van der Waals surface area (Å²) in [6.45, 7) is 15.2. The van der Waals surface area contributed by atoms with Crippen LogP contribution in [0.25, 0.3) is 0 Å². The second kappa shape index (κ2) is 10.6. The van der Waals surface area contributed by atoms with Crippen molar-refractivity contribution in [2.24, 2.45) is 4.99 Å². The molecule has 190 valence electrons. The van der Waals surface area contributed by atoms with E-state index in [9.17, 15) is 5.11 Å². The molecule has 0 saturated heterocycles. The molecule has 0 bridgehead atoms. The Morgan fingerprint density at radius 1 is 0.703 bits per heavy atom. The van der Waals surface area contributed by atoms with Crippen LogP contribution in [0.5, 0.6) is 5.75 Å². The topological polar surface area (TPSA) is 32.6 Å². The molecule has 0 atom stereocenters. The third-order valence-electron chi connectivity index (χ3n) is 6.63. The molecule has 0 aliphatic rings. The first kappa shape index (κ1) is 26.8. The molecule has 3 heteroatoms. The van der Waals surface area contributed by atoms with E-state index in [4.69, 9.17) is 4.99 Å². The number of aryl methyl sites for hydroxylation is 1. The van der Waals surface area contributed by atoms with E-state index in [0.717, 1.165) is 16.8 Å². The Balaban J connectivity index is 1.89. The minimum absolute atomic E-state index is 0.0419. The molecule has 0 saturated carbocycles. The molecule has 0 aromatic heterocycles. The molecule has 4 aromatic rings. The summed E-state index contributed by atoms with van der Waals surface area (Å²) >= 11 is 0. The van der Waals surface area contributed by atoms with Crippen LogP contribution in [0.3, 0.4) is 0 Å². The van der Waals surface area contributed by atoms with Crippen LogP contribution in [-0.2, 0) is 10.8 Å². The Morgan fingerprint density at radius 2 is 1.27 bits per heavy atom. The van der Waals surface area contributed by atoms with Crippen LogP contribution in [0.15, 0.2) is 96.0 Å². The van der Waals surface area contributed by atoms with Gasteiger partial charge in [0.05, 0.1) is 5.69 Å². The van der Waals surface area contributed by atoms with Gasteiger partial charge in [0.1, 0.15) is 5.75 Å². The van der Waals surface area contributed by atoms with Crippen LogP contribution >= 0.6 is 7.92 Å². The van der Waals surface area contributed by atoms with Gasteiger partial charge in [-0.3, -0.25) is 4.99 Å². The summed E-state index contributed by atoms with van der Waals surface area (Å²) in [6.07, 6.45) is 1.85. The lowest BCUT2D eigenvalue weighted by Crippen LogP contribution is -2.22. The van der Waals surface area contributed by atoms with Crippen LogP contribution in [0.1, 0.15) is 63.8 Å². The normalized spacial score (nSPS) is 12.4. The van der Waals surface area contributed by atoms with Crippen molar-refractivity contribution in [1.82, 2.24) is 0 Å². The number of rotatable bonds is 5. The molecule has 0 aliphatic carbocycles. The molecular formula is C34H38NOP. The van der Waals surface area contributed by atoms with Gasteiger partial charge < -0.3 is 5.11 Å². The van der Waals surface area contributed by atoms with E-state index in [1.165, 1.54) is 27.0 Å². The molecule has 0 fully saturated rings. The van der Waals surface area contributed by atoms with E-state index in [1.807, 2.05) is 6.21 Å². The number of aliphatic imine (C=N–C) groups is 1. The average molecular weight is 508 g/mol. The van der Waals surface area contributed by atoms with Gasteiger partial charge >= 0.3 is 0 Å². The van der Waals surface area contributed by atoms with Crippen molar-refractivity contribution < 1.29 is 5.11 Å². The zero-order valence-corrected chi connectivity index (χ0v) is 24.0. The van der Waals surface area contributed by atoms with Crippen molar-refractivity contribution in [3.05, 3.63) is 113 Å². The molecule has 0 spiro atoms. The second-order valence-corrected chi connectivity index (χ2v) is 13.8. The summed E-state index contributed by atoms with van der Waals surface area (Å²) in [6, 6.07) is 32.0. The monoisotopic (exact) mass is 507 g/mol. The molecule has 2 nitrogen and oxygen atoms in total. The summed E-state index contributed by atoms with van der Waals surface area (Å²) in [4.78, 5) is 5.05. The van der Waals surface area contributed by atoms with Crippen molar-refractivity contribution in [3.63, 3.8) is 0 Å². The van der Waals surface area contributed by atoms with Crippen molar-refractivity contribution in [3.8, 4) is 5.75 Å². The van der Waals surface area contributed by atoms with Crippen LogP contribution in [0.2, 0.25) is 0 Å². The van der Waals surface area contributed by atoms with Gasteiger partial charge in [-0.25, -0.2) is 0 Å². The fourth-order valence-electron chi connectivity index (χ4n) is 4.50. The molecule has 4 aromatic carbocycles. The smallest absolute Gasteiger partial charge is 0.128 e. The number of nitrogens with zero attached hydrogens (tertiary/aromatic N) is 1. The van der Waals surface area contributed by atoms with Gasteiger partial charge in [0, 0.05) is 22.6 Å². The maximum absolute atomic E-state index is 11.3. The van der Waals surface area contributed by atoms with Gasteiger partial charge in [0.15, 0.2) is 0 Å². The lowest BCUT2D eigenvalue weighted by Gasteiger charge is -2.27. The summed E-state index contributed by atoms with van der Waals surface area (Å²) in [5.41, 5.74) is 4.83. The summed E-state index contributed by atoms with van der Waals surface area (Å²) in [7, 11) is -0.801. The Bertz CT molecular complexity index is 1350. The van der Waals surface area contributed by atoms with Crippen molar-refractivity contribution >= 4 is 35.7 Å². The first-order valence-electron chi connectivity index (χ1n) is 12.9. The Labute approximate surface area is 223 Å².